The fourth-order valence-corrected chi connectivity index (χ4v) is 3.31. The average molecular weight is 481 g/mol. The Hall–Kier alpha value is -3.56. The number of carbonyl (C=O) groups is 2. The van der Waals surface area contributed by atoms with E-state index >= 15 is 0 Å². The van der Waals surface area contributed by atoms with Crippen LogP contribution in [0.1, 0.15) is 5.56 Å². The summed E-state index contributed by atoms with van der Waals surface area (Å²) in [4.78, 5) is 28.7. The van der Waals surface area contributed by atoms with Gasteiger partial charge >= 0.3 is 5.97 Å². The molecular weight excluding hydrogens is 452 g/mol. The quantitative estimate of drug-likeness (QED) is 0.252. The van der Waals surface area contributed by atoms with Crippen molar-refractivity contribution in [1.82, 2.24) is 10.3 Å². The lowest BCUT2D eigenvalue weighted by atomic mass is 10.1. The Morgan fingerprint density at radius 2 is 1.71 bits per heavy atom. The SMILES string of the molecule is NC(CS)CNc1ccc(-c2ccccc2)nc1OCC(=O)NC(Cc1ccccc1)C(=O)O. The predicted molar refractivity (Wildman–Crippen MR) is 135 cm³/mol. The van der Waals surface area contributed by atoms with Crippen molar-refractivity contribution in [2.45, 2.75) is 18.5 Å². The summed E-state index contributed by atoms with van der Waals surface area (Å²) in [6.07, 6.45) is 0.165. The lowest BCUT2D eigenvalue weighted by Gasteiger charge is -2.17. The molecule has 0 aliphatic carbocycles. The Labute approximate surface area is 204 Å². The van der Waals surface area contributed by atoms with Crippen LogP contribution in [0.4, 0.5) is 5.69 Å². The minimum Gasteiger partial charge on any atom is -0.480 e. The first-order valence-corrected chi connectivity index (χ1v) is 11.4. The first-order valence-electron chi connectivity index (χ1n) is 10.8. The highest BCUT2D eigenvalue weighted by atomic mass is 32.1. The van der Waals surface area contributed by atoms with E-state index in [0.29, 0.717) is 23.7 Å². The summed E-state index contributed by atoms with van der Waals surface area (Å²) in [5.41, 5.74) is 8.89. The van der Waals surface area contributed by atoms with Crippen molar-refractivity contribution in [2.75, 3.05) is 24.2 Å². The van der Waals surface area contributed by atoms with E-state index in [9.17, 15) is 14.7 Å². The molecule has 0 fully saturated rings. The van der Waals surface area contributed by atoms with Gasteiger partial charge in [-0.3, -0.25) is 4.79 Å². The van der Waals surface area contributed by atoms with E-state index in [1.165, 1.54) is 0 Å². The third-order valence-electron chi connectivity index (χ3n) is 4.97. The number of rotatable bonds is 12. The van der Waals surface area contributed by atoms with Crippen LogP contribution in [0.2, 0.25) is 0 Å². The van der Waals surface area contributed by atoms with Crippen molar-refractivity contribution in [2.24, 2.45) is 5.73 Å². The average Bonchev–Trinajstić information content (AvgIpc) is 2.86. The van der Waals surface area contributed by atoms with Crippen LogP contribution in [0.3, 0.4) is 0 Å². The van der Waals surface area contributed by atoms with Crippen molar-refractivity contribution in [3.63, 3.8) is 0 Å². The standard InChI is InChI=1S/C25H28N4O4S/c26-19(16-34)14-27-21-12-11-20(18-9-5-2-6-10-18)29-24(21)33-15-23(30)28-22(25(31)32)13-17-7-3-1-4-8-17/h1-12,19,22,27,34H,13-16,26H2,(H,28,30)(H,31,32). The van der Waals surface area contributed by atoms with E-state index in [1.807, 2.05) is 72.8 Å². The monoisotopic (exact) mass is 480 g/mol. The molecule has 0 radical (unpaired) electrons. The molecule has 8 nitrogen and oxygen atoms in total. The molecule has 3 aromatic rings. The Morgan fingerprint density at radius 3 is 2.35 bits per heavy atom. The summed E-state index contributed by atoms with van der Waals surface area (Å²) in [5, 5.41) is 15.2. The molecule has 1 heterocycles. The molecule has 178 valence electrons. The normalized spacial score (nSPS) is 12.4. The van der Waals surface area contributed by atoms with Crippen LogP contribution < -0.4 is 21.1 Å². The molecule has 1 aromatic heterocycles. The van der Waals surface area contributed by atoms with Crippen molar-refractivity contribution >= 4 is 30.2 Å². The molecule has 2 atom stereocenters. The Bertz CT molecular complexity index is 1080. The first kappa shape index (κ1) is 25.1. The molecule has 9 heteroatoms. The molecule has 5 N–H and O–H groups in total. The minimum atomic E-state index is -1.12. The number of anilines is 1. The summed E-state index contributed by atoms with van der Waals surface area (Å²) in [7, 11) is 0. The van der Waals surface area contributed by atoms with Gasteiger partial charge in [-0.1, -0.05) is 60.7 Å². The molecule has 1 amide bonds. The van der Waals surface area contributed by atoms with Gasteiger partial charge in [0, 0.05) is 30.3 Å². The third-order valence-corrected chi connectivity index (χ3v) is 5.44. The van der Waals surface area contributed by atoms with E-state index in [-0.39, 0.29) is 18.3 Å². The number of hydrogen-bond acceptors (Lipinski definition) is 7. The van der Waals surface area contributed by atoms with Crippen LogP contribution in [-0.4, -0.2) is 53.0 Å². The second-order valence-corrected chi connectivity index (χ2v) is 8.04. The molecule has 2 unspecified atom stereocenters. The molecule has 2 aromatic carbocycles. The molecular formula is C25H28N4O4S. The van der Waals surface area contributed by atoms with Crippen LogP contribution in [0.25, 0.3) is 11.3 Å². The van der Waals surface area contributed by atoms with E-state index < -0.39 is 24.5 Å². The fraction of sp³-hybridized carbons (Fsp3) is 0.240. The molecule has 0 aliphatic rings. The van der Waals surface area contributed by atoms with Gasteiger partial charge in [0.2, 0.25) is 5.88 Å². The molecule has 0 spiro atoms. The molecule has 34 heavy (non-hydrogen) atoms. The number of aromatic nitrogens is 1. The lowest BCUT2D eigenvalue weighted by Crippen LogP contribution is -2.44. The Kier molecular flexibility index (Phi) is 9.30. The maximum atomic E-state index is 12.5. The number of nitrogens with one attached hydrogen (secondary N) is 2. The number of nitrogens with zero attached hydrogens (tertiary/aromatic N) is 1. The zero-order valence-electron chi connectivity index (χ0n) is 18.6. The Morgan fingerprint density at radius 1 is 1.03 bits per heavy atom. The highest BCUT2D eigenvalue weighted by molar-refractivity contribution is 7.80. The van der Waals surface area contributed by atoms with Crippen LogP contribution in [0.15, 0.2) is 72.8 Å². The number of carboxylic acids is 1. The van der Waals surface area contributed by atoms with Crippen molar-refractivity contribution in [3.05, 3.63) is 78.4 Å². The number of ether oxygens (including phenoxy) is 1. The zero-order valence-corrected chi connectivity index (χ0v) is 19.4. The Balaban J connectivity index is 1.71. The van der Waals surface area contributed by atoms with E-state index in [2.05, 4.69) is 28.2 Å². The molecule has 0 bridgehead atoms. The molecule has 0 aliphatic heterocycles. The lowest BCUT2D eigenvalue weighted by molar-refractivity contribution is -0.142. The minimum absolute atomic E-state index is 0.165. The van der Waals surface area contributed by atoms with Gasteiger partial charge in [-0.25, -0.2) is 9.78 Å². The largest absolute Gasteiger partial charge is 0.480 e. The van der Waals surface area contributed by atoms with Crippen molar-refractivity contribution in [3.8, 4) is 17.1 Å². The number of pyridine rings is 1. The number of benzene rings is 2. The summed E-state index contributed by atoms with van der Waals surface area (Å²) in [6.45, 7) is 0.0493. The number of carboxylic acid groups (broad SMARTS) is 1. The van der Waals surface area contributed by atoms with Crippen LogP contribution >= 0.6 is 12.6 Å². The zero-order chi connectivity index (χ0) is 24.3. The van der Waals surface area contributed by atoms with Gasteiger partial charge in [-0.05, 0) is 17.7 Å². The number of amides is 1. The van der Waals surface area contributed by atoms with Gasteiger partial charge < -0.3 is 26.2 Å². The van der Waals surface area contributed by atoms with Crippen LogP contribution in [-0.2, 0) is 16.0 Å². The number of nitrogens with two attached hydrogens (primary N) is 1. The van der Waals surface area contributed by atoms with Gasteiger partial charge in [0.25, 0.3) is 5.91 Å². The van der Waals surface area contributed by atoms with Gasteiger partial charge in [0.05, 0.1) is 11.4 Å². The van der Waals surface area contributed by atoms with Gasteiger partial charge in [-0.15, -0.1) is 0 Å². The van der Waals surface area contributed by atoms with E-state index in [1.54, 1.807) is 0 Å². The fourth-order valence-electron chi connectivity index (χ4n) is 3.18. The highest BCUT2D eigenvalue weighted by Crippen LogP contribution is 2.27. The topological polar surface area (TPSA) is 127 Å². The highest BCUT2D eigenvalue weighted by Gasteiger charge is 2.21. The molecule has 0 saturated heterocycles. The van der Waals surface area contributed by atoms with Gasteiger partial charge in [0.15, 0.2) is 6.61 Å². The predicted octanol–water partition coefficient (Wildman–Crippen LogP) is 2.61. The summed E-state index contributed by atoms with van der Waals surface area (Å²) in [6, 6.07) is 21.1. The summed E-state index contributed by atoms with van der Waals surface area (Å²) >= 11 is 4.19. The number of thiol groups is 1. The number of carbonyl (C=O) groups excluding carboxylic acids is 1. The third kappa shape index (κ3) is 7.50. The van der Waals surface area contributed by atoms with E-state index in [0.717, 1.165) is 11.1 Å². The van der Waals surface area contributed by atoms with Gasteiger partial charge in [-0.2, -0.15) is 12.6 Å². The van der Waals surface area contributed by atoms with Gasteiger partial charge in [0.1, 0.15) is 6.04 Å². The molecule has 0 saturated carbocycles. The summed E-state index contributed by atoms with van der Waals surface area (Å²) in [5.74, 6) is -0.963. The number of aliphatic carboxylic acids is 1. The molecule has 3 rings (SSSR count). The maximum absolute atomic E-state index is 12.5. The first-order chi connectivity index (χ1) is 16.5. The number of hydrogen-bond donors (Lipinski definition) is 5. The van der Waals surface area contributed by atoms with Crippen LogP contribution in [0.5, 0.6) is 5.88 Å². The van der Waals surface area contributed by atoms with Crippen LogP contribution in [0, 0.1) is 0 Å². The summed E-state index contributed by atoms with van der Waals surface area (Å²) < 4.78 is 5.72. The van der Waals surface area contributed by atoms with Crippen molar-refractivity contribution < 1.29 is 19.4 Å². The second-order valence-electron chi connectivity index (χ2n) is 7.68. The van der Waals surface area contributed by atoms with E-state index in [4.69, 9.17) is 10.5 Å². The van der Waals surface area contributed by atoms with Crippen molar-refractivity contribution in [1.29, 1.82) is 0 Å². The second kappa shape index (κ2) is 12.6. The smallest absolute Gasteiger partial charge is 0.326 e. The maximum Gasteiger partial charge on any atom is 0.326 e.